The highest BCUT2D eigenvalue weighted by molar-refractivity contribution is 6.31. The standard InChI is InChI=1S/C11H8ClF2N3/c12-10-11(16-4-3-15-10)17-6-7-5-8(13)1-2-9(7)14/h1-5H,6H2,(H,16,17). The van der Waals surface area contributed by atoms with Crippen molar-refractivity contribution in [1.29, 1.82) is 0 Å². The van der Waals surface area contributed by atoms with Gasteiger partial charge < -0.3 is 5.32 Å². The highest BCUT2D eigenvalue weighted by Gasteiger charge is 2.06. The van der Waals surface area contributed by atoms with Crippen LogP contribution in [0.4, 0.5) is 14.6 Å². The molecule has 0 aliphatic heterocycles. The van der Waals surface area contributed by atoms with Gasteiger partial charge in [-0.3, -0.25) is 0 Å². The lowest BCUT2D eigenvalue weighted by Gasteiger charge is -2.07. The van der Waals surface area contributed by atoms with E-state index in [1.807, 2.05) is 0 Å². The van der Waals surface area contributed by atoms with E-state index in [2.05, 4.69) is 15.3 Å². The molecule has 0 bridgehead atoms. The Morgan fingerprint density at radius 1 is 1.18 bits per heavy atom. The first-order valence-electron chi connectivity index (χ1n) is 4.81. The van der Waals surface area contributed by atoms with Crippen molar-refractivity contribution in [3.8, 4) is 0 Å². The highest BCUT2D eigenvalue weighted by Crippen LogP contribution is 2.16. The summed E-state index contributed by atoms with van der Waals surface area (Å²) in [5.74, 6) is -0.648. The van der Waals surface area contributed by atoms with Crippen LogP contribution >= 0.6 is 11.6 Å². The van der Waals surface area contributed by atoms with Crippen molar-refractivity contribution in [2.24, 2.45) is 0 Å². The minimum atomic E-state index is -0.492. The number of anilines is 1. The molecule has 0 aliphatic rings. The lowest BCUT2D eigenvalue weighted by atomic mass is 10.2. The summed E-state index contributed by atoms with van der Waals surface area (Å²) in [7, 11) is 0. The van der Waals surface area contributed by atoms with Crippen LogP contribution in [0, 0.1) is 11.6 Å². The summed E-state index contributed by atoms with van der Waals surface area (Å²) >= 11 is 5.76. The van der Waals surface area contributed by atoms with Gasteiger partial charge in [-0.2, -0.15) is 0 Å². The maximum absolute atomic E-state index is 13.3. The third-order valence-electron chi connectivity index (χ3n) is 2.11. The Morgan fingerprint density at radius 3 is 2.71 bits per heavy atom. The van der Waals surface area contributed by atoms with Crippen LogP contribution in [0.3, 0.4) is 0 Å². The molecule has 0 fully saturated rings. The molecule has 0 saturated heterocycles. The molecular weight excluding hydrogens is 248 g/mol. The lowest BCUT2D eigenvalue weighted by molar-refractivity contribution is 0.587. The zero-order valence-electron chi connectivity index (χ0n) is 8.62. The predicted molar refractivity (Wildman–Crippen MR) is 60.7 cm³/mol. The van der Waals surface area contributed by atoms with E-state index >= 15 is 0 Å². The number of hydrogen-bond donors (Lipinski definition) is 1. The minimum absolute atomic E-state index is 0.0853. The van der Waals surface area contributed by atoms with Gasteiger partial charge in [0.25, 0.3) is 0 Å². The molecule has 0 saturated carbocycles. The van der Waals surface area contributed by atoms with Gasteiger partial charge in [-0.1, -0.05) is 11.6 Å². The number of halogens is 3. The fourth-order valence-electron chi connectivity index (χ4n) is 1.30. The van der Waals surface area contributed by atoms with E-state index in [4.69, 9.17) is 11.6 Å². The molecule has 1 aromatic heterocycles. The van der Waals surface area contributed by atoms with Gasteiger partial charge >= 0.3 is 0 Å². The SMILES string of the molecule is Fc1ccc(F)c(CNc2nccnc2Cl)c1. The quantitative estimate of drug-likeness (QED) is 0.916. The Labute approximate surface area is 101 Å². The normalized spacial score (nSPS) is 10.3. The van der Waals surface area contributed by atoms with E-state index in [1.165, 1.54) is 12.4 Å². The smallest absolute Gasteiger partial charge is 0.171 e. The van der Waals surface area contributed by atoms with Crippen LogP contribution in [0.1, 0.15) is 5.56 Å². The van der Waals surface area contributed by atoms with Crippen molar-refractivity contribution in [1.82, 2.24) is 9.97 Å². The van der Waals surface area contributed by atoms with Gasteiger partial charge in [0.15, 0.2) is 11.0 Å². The van der Waals surface area contributed by atoms with Crippen LogP contribution < -0.4 is 5.32 Å². The summed E-state index contributed by atoms with van der Waals surface area (Å²) in [5.41, 5.74) is 0.201. The summed E-state index contributed by atoms with van der Waals surface area (Å²) in [6, 6.07) is 3.26. The second-order valence-corrected chi connectivity index (χ2v) is 3.64. The number of benzene rings is 1. The van der Waals surface area contributed by atoms with E-state index in [-0.39, 0.29) is 17.3 Å². The molecule has 88 valence electrons. The maximum Gasteiger partial charge on any atom is 0.171 e. The summed E-state index contributed by atoms with van der Waals surface area (Å²) < 4.78 is 26.2. The molecular formula is C11H8ClF2N3. The van der Waals surface area contributed by atoms with Gasteiger partial charge in [-0.05, 0) is 18.2 Å². The second-order valence-electron chi connectivity index (χ2n) is 3.29. The van der Waals surface area contributed by atoms with Gasteiger partial charge in [0.05, 0.1) is 0 Å². The van der Waals surface area contributed by atoms with Crippen LogP contribution in [0.15, 0.2) is 30.6 Å². The van der Waals surface area contributed by atoms with Gasteiger partial charge in [0.2, 0.25) is 0 Å². The third kappa shape index (κ3) is 2.88. The summed E-state index contributed by atoms with van der Waals surface area (Å²) in [6.45, 7) is 0.0853. The molecule has 0 amide bonds. The Balaban J connectivity index is 2.12. The van der Waals surface area contributed by atoms with E-state index in [0.29, 0.717) is 5.82 Å². The number of hydrogen-bond acceptors (Lipinski definition) is 3. The summed E-state index contributed by atoms with van der Waals surface area (Å²) in [5, 5.41) is 2.97. The summed E-state index contributed by atoms with van der Waals surface area (Å²) in [4.78, 5) is 7.73. The summed E-state index contributed by atoms with van der Waals surface area (Å²) in [6.07, 6.45) is 2.90. The first kappa shape index (κ1) is 11.7. The van der Waals surface area contributed by atoms with Gasteiger partial charge in [0, 0.05) is 24.5 Å². The predicted octanol–water partition coefficient (Wildman–Crippen LogP) is 3.02. The largest absolute Gasteiger partial charge is 0.363 e. The highest BCUT2D eigenvalue weighted by atomic mass is 35.5. The first-order chi connectivity index (χ1) is 8.16. The van der Waals surface area contributed by atoms with Crippen molar-refractivity contribution in [2.45, 2.75) is 6.54 Å². The molecule has 6 heteroatoms. The molecule has 2 aromatic rings. The fraction of sp³-hybridized carbons (Fsp3) is 0.0909. The van der Waals surface area contributed by atoms with Crippen molar-refractivity contribution in [3.05, 3.63) is 52.9 Å². The zero-order valence-corrected chi connectivity index (χ0v) is 9.38. The molecule has 3 nitrogen and oxygen atoms in total. The number of nitrogens with one attached hydrogen (secondary N) is 1. The minimum Gasteiger partial charge on any atom is -0.363 e. The molecule has 2 rings (SSSR count). The molecule has 0 spiro atoms. The van der Waals surface area contributed by atoms with Crippen LogP contribution in [-0.4, -0.2) is 9.97 Å². The molecule has 1 N–H and O–H groups in total. The lowest BCUT2D eigenvalue weighted by Crippen LogP contribution is -2.04. The fourth-order valence-corrected chi connectivity index (χ4v) is 1.47. The van der Waals surface area contributed by atoms with Crippen LogP contribution in [0.5, 0.6) is 0 Å². The van der Waals surface area contributed by atoms with Crippen molar-refractivity contribution < 1.29 is 8.78 Å². The number of rotatable bonds is 3. The Bertz CT molecular complexity index is 534. The number of nitrogens with zero attached hydrogens (tertiary/aromatic N) is 2. The van der Waals surface area contributed by atoms with Crippen LogP contribution in [-0.2, 0) is 6.54 Å². The van der Waals surface area contributed by atoms with Crippen LogP contribution in [0.2, 0.25) is 5.15 Å². The number of aromatic nitrogens is 2. The third-order valence-corrected chi connectivity index (χ3v) is 2.38. The Kier molecular flexibility index (Phi) is 3.49. The molecule has 0 unspecified atom stereocenters. The molecule has 17 heavy (non-hydrogen) atoms. The van der Waals surface area contributed by atoms with Crippen molar-refractivity contribution >= 4 is 17.4 Å². The Hall–Kier alpha value is -1.75. The van der Waals surface area contributed by atoms with E-state index < -0.39 is 11.6 Å². The van der Waals surface area contributed by atoms with E-state index in [1.54, 1.807) is 0 Å². The van der Waals surface area contributed by atoms with E-state index in [0.717, 1.165) is 18.2 Å². The van der Waals surface area contributed by atoms with Gasteiger partial charge in [-0.25, -0.2) is 18.7 Å². The zero-order chi connectivity index (χ0) is 12.3. The molecule has 1 aromatic carbocycles. The topological polar surface area (TPSA) is 37.8 Å². The average Bonchev–Trinajstić information content (AvgIpc) is 2.32. The average molecular weight is 256 g/mol. The molecule has 0 radical (unpaired) electrons. The Morgan fingerprint density at radius 2 is 1.94 bits per heavy atom. The maximum atomic E-state index is 13.3. The molecule has 1 heterocycles. The second kappa shape index (κ2) is 5.05. The van der Waals surface area contributed by atoms with Crippen molar-refractivity contribution in [3.63, 3.8) is 0 Å². The van der Waals surface area contributed by atoms with Gasteiger partial charge in [0.1, 0.15) is 11.6 Å². The van der Waals surface area contributed by atoms with Crippen molar-refractivity contribution in [2.75, 3.05) is 5.32 Å². The monoisotopic (exact) mass is 255 g/mol. The molecule has 0 aliphatic carbocycles. The first-order valence-corrected chi connectivity index (χ1v) is 5.19. The van der Waals surface area contributed by atoms with Crippen LogP contribution in [0.25, 0.3) is 0 Å². The van der Waals surface area contributed by atoms with E-state index in [9.17, 15) is 8.78 Å². The molecule has 0 atom stereocenters. The van der Waals surface area contributed by atoms with Gasteiger partial charge in [-0.15, -0.1) is 0 Å².